The standard InChI is InChI=1S/C19H17ClN2O2S2/c1-2-24-14-4-3-12-7-8-22(10-13(12)9-14)19(23)15-11-25-18(21-15)16-5-6-17(20)26-16/h3-6,9,11H,2,7-8,10H2,1H3. The number of aromatic nitrogens is 1. The lowest BCUT2D eigenvalue weighted by molar-refractivity contribution is 0.0729. The first-order valence-electron chi connectivity index (χ1n) is 8.39. The van der Waals surface area contributed by atoms with Gasteiger partial charge in [-0.15, -0.1) is 22.7 Å². The minimum atomic E-state index is -0.0254. The number of hydrogen-bond acceptors (Lipinski definition) is 5. The molecule has 3 heterocycles. The molecule has 7 heteroatoms. The molecular formula is C19H17ClN2O2S2. The van der Waals surface area contributed by atoms with Crippen molar-refractivity contribution in [3.8, 4) is 15.6 Å². The van der Waals surface area contributed by atoms with Crippen molar-refractivity contribution in [2.45, 2.75) is 19.9 Å². The van der Waals surface area contributed by atoms with Gasteiger partial charge in [-0.3, -0.25) is 4.79 Å². The molecule has 0 bridgehead atoms. The Morgan fingerprint density at radius 2 is 2.19 bits per heavy atom. The van der Waals surface area contributed by atoms with Crippen molar-refractivity contribution < 1.29 is 9.53 Å². The number of benzene rings is 1. The fraction of sp³-hybridized carbons (Fsp3) is 0.263. The van der Waals surface area contributed by atoms with Crippen molar-refractivity contribution in [2.75, 3.05) is 13.2 Å². The normalized spacial score (nSPS) is 13.5. The van der Waals surface area contributed by atoms with Crippen molar-refractivity contribution in [3.63, 3.8) is 0 Å². The third-order valence-electron chi connectivity index (χ3n) is 4.30. The van der Waals surface area contributed by atoms with E-state index in [0.29, 0.717) is 25.4 Å². The Bertz CT molecular complexity index is 951. The number of hydrogen-bond donors (Lipinski definition) is 0. The van der Waals surface area contributed by atoms with Crippen molar-refractivity contribution >= 4 is 40.2 Å². The molecule has 0 unspecified atom stereocenters. The van der Waals surface area contributed by atoms with Gasteiger partial charge in [0.25, 0.3) is 5.91 Å². The number of carbonyl (C=O) groups is 1. The zero-order valence-corrected chi connectivity index (χ0v) is 16.6. The second-order valence-corrected chi connectivity index (χ2v) is 8.56. The maximum Gasteiger partial charge on any atom is 0.273 e. The molecule has 0 N–H and O–H groups in total. The number of ether oxygens (including phenoxy) is 1. The third-order valence-corrected chi connectivity index (χ3v) is 6.54. The highest BCUT2D eigenvalue weighted by molar-refractivity contribution is 7.23. The average molecular weight is 405 g/mol. The largest absolute Gasteiger partial charge is 0.494 e. The van der Waals surface area contributed by atoms with E-state index < -0.39 is 0 Å². The molecule has 1 aromatic carbocycles. The molecule has 4 rings (SSSR count). The van der Waals surface area contributed by atoms with E-state index in [9.17, 15) is 4.79 Å². The second-order valence-electron chi connectivity index (χ2n) is 5.98. The minimum absolute atomic E-state index is 0.0254. The van der Waals surface area contributed by atoms with E-state index in [2.05, 4.69) is 11.1 Å². The number of halogens is 1. The first-order chi connectivity index (χ1) is 12.6. The topological polar surface area (TPSA) is 42.4 Å². The summed E-state index contributed by atoms with van der Waals surface area (Å²) < 4.78 is 6.31. The molecule has 134 valence electrons. The number of carbonyl (C=O) groups excluding carboxylic acids is 1. The van der Waals surface area contributed by atoms with Crippen LogP contribution in [0, 0.1) is 0 Å². The van der Waals surface area contributed by atoms with Crippen LogP contribution in [0.1, 0.15) is 28.5 Å². The number of fused-ring (bicyclic) bond motifs is 1. The number of thiophene rings is 1. The molecule has 0 spiro atoms. The Hall–Kier alpha value is -1.89. The summed E-state index contributed by atoms with van der Waals surface area (Å²) in [5, 5.41) is 2.67. The second kappa shape index (κ2) is 7.39. The highest BCUT2D eigenvalue weighted by atomic mass is 35.5. The average Bonchev–Trinajstić information content (AvgIpc) is 3.30. The minimum Gasteiger partial charge on any atom is -0.494 e. The van der Waals surface area contributed by atoms with Gasteiger partial charge in [0.1, 0.15) is 16.5 Å². The lowest BCUT2D eigenvalue weighted by atomic mass is 9.99. The molecule has 26 heavy (non-hydrogen) atoms. The third kappa shape index (κ3) is 3.49. The van der Waals surface area contributed by atoms with Crippen LogP contribution in [0.3, 0.4) is 0 Å². The van der Waals surface area contributed by atoms with E-state index in [1.165, 1.54) is 28.2 Å². The SMILES string of the molecule is CCOc1ccc2c(c1)CN(C(=O)c1csc(-c3ccc(Cl)s3)n1)CC2. The van der Waals surface area contributed by atoms with Crippen LogP contribution in [-0.2, 0) is 13.0 Å². The van der Waals surface area contributed by atoms with Crippen LogP contribution in [0.15, 0.2) is 35.7 Å². The molecule has 1 amide bonds. The summed E-state index contributed by atoms with van der Waals surface area (Å²) in [5.74, 6) is 0.827. The van der Waals surface area contributed by atoms with Gasteiger partial charge in [0, 0.05) is 18.5 Å². The van der Waals surface area contributed by atoms with E-state index in [1.54, 1.807) is 0 Å². The van der Waals surface area contributed by atoms with Crippen LogP contribution in [0.5, 0.6) is 5.75 Å². The van der Waals surface area contributed by atoms with E-state index in [1.807, 2.05) is 41.5 Å². The summed E-state index contributed by atoms with van der Waals surface area (Å²) in [6, 6.07) is 9.93. The van der Waals surface area contributed by atoms with Gasteiger partial charge in [0.15, 0.2) is 0 Å². The van der Waals surface area contributed by atoms with Crippen LogP contribution in [-0.4, -0.2) is 28.9 Å². The van der Waals surface area contributed by atoms with Gasteiger partial charge in [0.2, 0.25) is 0 Å². The lowest BCUT2D eigenvalue weighted by Gasteiger charge is -2.28. The van der Waals surface area contributed by atoms with Gasteiger partial charge in [-0.25, -0.2) is 4.98 Å². The van der Waals surface area contributed by atoms with Gasteiger partial charge in [-0.2, -0.15) is 0 Å². The highest BCUT2D eigenvalue weighted by Gasteiger charge is 2.24. The fourth-order valence-electron chi connectivity index (χ4n) is 3.04. The smallest absolute Gasteiger partial charge is 0.273 e. The zero-order chi connectivity index (χ0) is 18.1. The molecule has 3 aromatic rings. The van der Waals surface area contributed by atoms with Gasteiger partial charge >= 0.3 is 0 Å². The van der Waals surface area contributed by atoms with Crippen molar-refractivity contribution in [3.05, 3.63) is 56.9 Å². The molecular weight excluding hydrogens is 388 g/mol. The summed E-state index contributed by atoms with van der Waals surface area (Å²) >= 11 is 8.94. The number of rotatable bonds is 4. The molecule has 0 aliphatic carbocycles. The quantitative estimate of drug-likeness (QED) is 0.605. The molecule has 2 aromatic heterocycles. The summed E-state index contributed by atoms with van der Waals surface area (Å²) in [7, 11) is 0. The first-order valence-corrected chi connectivity index (χ1v) is 10.5. The van der Waals surface area contributed by atoms with Crippen LogP contribution >= 0.6 is 34.3 Å². The highest BCUT2D eigenvalue weighted by Crippen LogP contribution is 2.33. The van der Waals surface area contributed by atoms with Crippen molar-refractivity contribution in [1.82, 2.24) is 9.88 Å². The summed E-state index contributed by atoms with van der Waals surface area (Å²) in [6.45, 7) is 3.90. The van der Waals surface area contributed by atoms with E-state index in [-0.39, 0.29) is 5.91 Å². The van der Waals surface area contributed by atoms with Gasteiger partial charge in [-0.1, -0.05) is 17.7 Å². The molecule has 1 aliphatic rings. The summed E-state index contributed by atoms with van der Waals surface area (Å²) in [5.41, 5.74) is 2.93. The Labute approximate surface area is 165 Å². The fourth-order valence-corrected chi connectivity index (χ4v) is 4.95. The van der Waals surface area contributed by atoms with Crippen LogP contribution in [0.2, 0.25) is 4.34 Å². The molecule has 0 radical (unpaired) electrons. The molecule has 0 saturated carbocycles. The number of thiazole rings is 1. The Morgan fingerprint density at radius 3 is 2.96 bits per heavy atom. The maximum atomic E-state index is 12.9. The van der Waals surface area contributed by atoms with E-state index in [4.69, 9.17) is 16.3 Å². The van der Waals surface area contributed by atoms with Crippen molar-refractivity contribution in [2.24, 2.45) is 0 Å². The Kier molecular flexibility index (Phi) is 4.98. The number of nitrogens with zero attached hydrogens (tertiary/aromatic N) is 2. The molecule has 0 saturated heterocycles. The molecule has 4 nitrogen and oxygen atoms in total. The maximum absolute atomic E-state index is 12.9. The predicted octanol–water partition coefficient (Wildman–Crippen LogP) is 5.12. The van der Waals surface area contributed by atoms with Crippen LogP contribution in [0.25, 0.3) is 9.88 Å². The first kappa shape index (κ1) is 17.5. The van der Waals surface area contributed by atoms with Crippen LogP contribution < -0.4 is 4.74 Å². The Balaban J connectivity index is 1.52. The monoisotopic (exact) mass is 404 g/mol. The zero-order valence-electron chi connectivity index (χ0n) is 14.2. The molecule has 0 atom stereocenters. The number of amides is 1. The van der Waals surface area contributed by atoms with Gasteiger partial charge < -0.3 is 9.64 Å². The molecule has 1 aliphatic heterocycles. The van der Waals surface area contributed by atoms with Gasteiger partial charge in [0.05, 0.1) is 15.8 Å². The van der Waals surface area contributed by atoms with Crippen molar-refractivity contribution in [1.29, 1.82) is 0 Å². The summed E-state index contributed by atoms with van der Waals surface area (Å²) in [4.78, 5) is 20.3. The van der Waals surface area contributed by atoms with Crippen LogP contribution in [0.4, 0.5) is 0 Å². The predicted molar refractivity (Wildman–Crippen MR) is 106 cm³/mol. The van der Waals surface area contributed by atoms with E-state index >= 15 is 0 Å². The Morgan fingerprint density at radius 1 is 1.31 bits per heavy atom. The lowest BCUT2D eigenvalue weighted by Crippen LogP contribution is -2.36. The van der Waals surface area contributed by atoms with Gasteiger partial charge in [-0.05, 0) is 48.7 Å². The molecule has 0 fully saturated rings. The summed E-state index contributed by atoms with van der Waals surface area (Å²) in [6.07, 6.45) is 0.852. The van der Waals surface area contributed by atoms with E-state index in [0.717, 1.165) is 32.0 Å².